The van der Waals surface area contributed by atoms with E-state index in [9.17, 15) is 4.79 Å². The minimum absolute atomic E-state index is 0.0158. The zero-order valence-electron chi connectivity index (χ0n) is 11.2. The van der Waals surface area contributed by atoms with Gasteiger partial charge in [-0.2, -0.15) is 4.98 Å². The summed E-state index contributed by atoms with van der Waals surface area (Å²) in [5, 5.41) is 17.5. The lowest BCUT2D eigenvalue weighted by Gasteiger charge is -2.08. The van der Waals surface area contributed by atoms with E-state index in [-0.39, 0.29) is 12.2 Å². The van der Waals surface area contributed by atoms with Crippen LogP contribution in [0.25, 0.3) is 10.8 Å². The molecule has 2 heterocycles. The largest absolute Gasteiger partial charge is 0.477 e. The van der Waals surface area contributed by atoms with Gasteiger partial charge in [0.25, 0.3) is 0 Å². The molecule has 3 rings (SSSR count). The summed E-state index contributed by atoms with van der Waals surface area (Å²) in [5.41, 5.74) is -0.0158. The number of hydrogen-bond donors (Lipinski definition) is 2. The van der Waals surface area contributed by atoms with Crippen LogP contribution in [0.4, 0.5) is 5.82 Å². The Morgan fingerprint density at radius 3 is 2.86 bits per heavy atom. The molecule has 0 aliphatic heterocycles. The number of nitrogens with one attached hydrogen (secondary N) is 1. The molecule has 7 nitrogen and oxygen atoms in total. The predicted octanol–water partition coefficient (Wildman–Crippen LogP) is 2.24. The van der Waals surface area contributed by atoms with E-state index in [1.807, 2.05) is 24.3 Å². The molecule has 0 fully saturated rings. The third kappa shape index (κ3) is 2.66. The fraction of sp³-hybridized carbons (Fsp3) is 0.143. The van der Waals surface area contributed by atoms with E-state index in [2.05, 4.69) is 20.4 Å². The summed E-state index contributed by atoms with van der Waals surface area (Å²) in [4.78, 5) is 19.3. The van der Waals surface area contributed by atoms with E-state index in [0.717, 1.165) is 10.8 Å². The molecular weight excluding hydrogens is 272 g/mol. The summed E-state index contributed by atoms with van der Waals surface area (Å²) in [7, 11) is 0. The highest BCUT2D eigenvalue weighted by molar-refractivity contribution is 5.97. The Balaban J connectivity index is 1.97. The van der Waals surface area contributed by atoms with Crippen molar-refractivity contribution in [3.05, 3.63) is 47.7 Å². The molecule has 7 heteroatoms. The van der Waals surface area contributed by atoms with Gasteiger partial charge in [-0.25, -0.2) is 9.78 Å². The van der Waals surface area contributed by atoms with E-state index in [1.165, 1.54) is 0 Å². The summed E-state index contributed by atoms with van der Waals surface area (Å²) in [6, 6.07) is 8.96. The second-order valence-corrected chi connectivity index (χ2v) is 4.47. The highest BCUT2D eigenvalue weighted by atomic mass is 16.5. The summed E-state index contributed by atoms with van der Waals surface area (Å²) in [6.07, 6.45) is 0. The maximum absolute atomic E-state index is 11.1. The second kappa shape index (κ2) is 5.20. The first-order chi connectivity index (χ1) is 10.1. The highest BCUT2D eigenvalue weighted by Crippen LogP contribution is 2.23. The lowest BCUT2D eigenvalue weighted by molar-refractivity contribution is 0.0691. The summed E-state index contributed by atoms with van der Waals surface area (Å²) < 4.78 is 5.01. The highest BCUT2D eigenvalue weighted by Gasteiger charge is 2.11. The molecule has 21 heavy (non-hydrogen) atoms. The van der Waals surface area contributed by atoms with E-state index < -0.39 is 5.97 Å². The minimum Gasteiger partial charge on any atom is -0.477 e. The fourth-order valence-electron chi connectivity index (χ4n) is 2.01. The first-order valence-electron chi connectivity index (χ1n) is 6.29. The number of nitrogens with zero attached hydrogens (tertiary/aromatic N) is 3. The smallest absolute Gasteiger partial charge is 0.354 e. The van der Waals surface area contributed by atoms with Crippen LogP contribution in [0.1, 0.15) is 22.2 Å². The number of carboxylic acid groups (broad SMARTS) is 1. The number of aromatic carboxylic acids is 1. The molecule has 0 bridgehead atoms. The molecule has 1 aromatic carbocycles. The lowest BCUT2D eigenvalue weighted by atomic mass is 10.1. The number of fused-ring (bicyclic) bond motifs is 1. The number of carboxylic acids is 1. The van der Waals surface area contributed by atoms with Crippen molar-refractivity contribution >= 4 is 22.6 Å². The van der Waals surface area contributed by atoms with E-state index in [0.29, 0.717) is 17.5 Å². The monoisotopic (exact) mass is 284 g/mol. The van der Waals surface area contributed by atoms with Gasteiger partial charge in [-0.05, 0) is 18.4 Å². The Labute approximate surface area is 119 Å². The van der Waals surface area contributed by atoms with Crippen LogP contribution in [0.2, 0.25) is 0 Å². The Bertz CT molecular complexity index is 813. The van der Waals surface area contributed by atoms with Crippen molar-refractivity contribution in [2.75, 3.05) is 5.32 Å². The number of hydrogen-bond acceptors (Lipinski definition) is 6. The molecule has 0 atom stereocenters. The van der Waals surface area contributed by atoms with Gasteiger partial charge in [0.2, 0.25) is 5.89 Å². The Morgan fingerprint density at radius 1 is 1.33 bits per heavy atom. The molecule has 106 valence electrons. The molecule has 0 saturated heterocycles. The van der Waals surface area contributed by atoms with Gasteiger partial charge >= 0.3 is 5.97 Å². The van der Waals surface area contributed by atoms with Crippen LogP contribution in [-0.4, -0.2) is 26.2 Å². The SMILES string of the molecule is Cc1noc(CNc2nc(C(=O)O)cc3ccccc23)n1. The zero-order chi connectivity index (χ0) is 14.8. The maximum atomic E-state index is 11.1. The van der Waals surface area contributed by atoms with Crippen LogP contribution in [-0.2, 0) is 6.54 Å². The average Bonchev–Trinajstić information content (AvgIpc) is 2.90. The van der Waals surface area contributed by atoms with Crippen molar-refractivity contribution in [1.29, 1.82) is 0 Å². The summed E-state index contributed by atoms with van der Waals surface area (Å²) in [6.45, 7) is 2.01. The van der Waals surface area contributed by atoms with Gasteiger partial charge in [0.15, 0.2) is 11.5 Å². The average molecular weight is 284 g/mol. The fourth-order valence-corrected chi connectivity index (χ4v) is 2.01. The molecule has 0 radical (unpaired) electrons. The Kier molecular flexibility index (Phi) is 3.23. The van der Waals surface area contributed by atoms with Gasteiger partial charge in [0, 0.05) is 5.39 Å². The van der Waals surface area contributed by atoms with Crippen LogP contribution < -0.4 is 5.32 Å². The number of pyridine rings is 1. The topological polar surface area (TPSA) is 101 Å². The number of anilines is 1. The molecule has 0 aliphatic carbocycles. The van der Waals surface area contributed by atoms with Crippen molar-refractivity contribution in [2.24, 2.45) is 0 Å². The molecule has 2 aromatic heterocycles. The number of benzene rings is 1. The van der Waals surface area contributed by atoms with Gasteiger partial charge in [0.1, 0.15) is 5.82 Å². The van der Waals surface area contributed by atoms with E-state index in [4.69, 9.17) is 9.63 Å². The van der Waals surface area contributed by atoms with Crippen molar-refractivity contribution in [3.63, 3.8) is 0 Å². The quantitative estimate of drug-likeness (QED) is 0.757. The van der Waals surface area contributed by atoms with Crippen molar-refractivity contribution in [3.8, 4) is 0 Å². The first kappa shape index (κ1) is 13.0. The van der Waals surface area contributed by atoms with Gasteiger partial charge in [-0.3, -0.25) is 0 Å². The normalized spacial score (nSPS) is 10.7. The van der Waals surface area contributed by atoms with Gasteiger partial charge in [-0.1, -0.05) is 29.4 Å². The number of carbonyl (C=O) groups is 1. The van der Waals surface area contributed by atoms with Crippen molar-refractivity contribution in [2.45, 2.75) is 13.5 Å². The molecule has 0 amide bonds. The Hall–Kier alpha value is -2.96. The lowest BCUT2D eigenvalue weighted by Crippen LogP contribution is -2.07. The summed E-state index contributed by atoms with van der Waals surface area (Å²) in [5.74, 6) is 0.363. The molecular formula is C14H12N4O3. The van der Waals surface area contributed by atoms with Gasteiger partial charge < -0.3 is 14.9 Å². The third-order valence-corrected chi connectivity index (χ3v) is 2.94. The van der Waals surface area contributed by atoms with Gasteiger partial charge in [0.05, 0.1) is 6.54 Å². The van der Waals surface area contributed by atoms with Gasteiger partial charge in [-0.15, -0.1) is 0 Å². The number of rotatable bonds is 4. The van der Waals surface area contributed by atoms with Crippen LogP contribution in [0.15, 0.2) is 34.9 Å². The zero-order valence-corrected chi connectivity index (χ0v) is 11.2. The van der Waals surface area contributed by atoms with Crippen LogP contribution in [0.5, 0.6) is 0 Å². The van der Waals surface area contributed by atoms with E-state index in [1.54, 1.807) is 13.0 Å². The molecule has 2 N–H and O–H groups in total. The molecule has 0 aliphatic rings. The second-order valence-electron chi connectivity index (χ2n) is 4.47. The molecule has 0 unspecified atom stereocenters. The van der Waals surface area contributed by atoms with Crippen LogP contribution >= 0.6 is 0 Å². The standard InChI is InChI=1S/C14H12N4O3/c1-8-16-12(21-18-8)7-15-13-10-5-3-2-4-9(10)6-11(17-13)14(19)20/h2-6H,7H2,1H3,(H,15,17)(H,19,20). The molecule has 0 spiro atoms. The van der Waals surface area contributed by atoms with Crippen molar-refractivity contribution in [1.82, 2.24) is 15.1 Å². The number of aryl methyl sites for hydroxylation is 1. The first-order valence-corrected chi connectivity index (χ1v) is 6.29. The predicted molar refractivity (Wildman–Crippen MR) is 75.1 cm³/mol. The summed E-state index contributed by atoms with van der Waals surface area (Å²) >= 11 is 0. The van der Waals surface area contributed by atoms with Crippen LogP contribution in [0, 0.1) is 6.92 Å². The molecule has 3 aromatic rings. The third-order valence-electron chi connectivity index (χ3n) is 2.94. The van der Waals surface area contributed by atoms with E-state index >= 15 is 0 Å². The number of aromatic nitrogens is 3. The van der Waals surface area contributed by atoms with Crippen LogP contribution in [0.3, 0.4) is 0 Å². The molecule has 0 saturated carbocycles. The minimum atomic E-state index is -1.07. The Morgan fingerprint density at radius 2 is 2.14 bits per heavy atom. The maximum Gasteiger partial charge on any atom is 0.354 e. The van der Waals surface area contributed by atoms with Crippen molar-refractivity contribution < 1.29 is 14.4 Å².